The zero-order valence-electron chi connectivity index (χ0n) is 13.5. The summed E-state index contributed by atoms with van der Waals surface area (Å²) in [5, 5.41) is 7.57. The third-order valence-corrected chi connectivity index (χ3v) is 4.03. The van der Waals surface area contributed by atoms with Gasteiger partial charge in [-0.1, -0.05) is 49.4 Å². The van der Waals surface area contributed by atoms with Crippen LogP contribution < -0.4 is 10.7 Å². The van der Waals surface area contributed by atoms with Crippen molar-refractivity contribution in [2.75, 3.05) is 6.54 Å². The molecule has 0 aliphatic rings. The van der Waals surface area contributed by atoms with Crippen LogP contribution in [-0.2, 0) is 11.3 Å². The highest BCUT2D eigenvalue weighted by Gasteiger charge is 2.10. The van der Waals surface area contributed by atoms with Crippen LogP contribution in [-0.4, -0.2) is 22.2 Å². The number of benzene rings is 2. The summed E-state index contributed by atoms with van der Waals surface area (Å²) in [6.45, 7) is 2.71. The predicted octanol–water partition coefficient (Wildman–Crippen LogP) is 2.32. The van der Waals surface area contributed by atoms with Gasteiger partial charge in [0.15, 0.2) is 0 Å². The molecule has 0 aliphatic carbocycles. The van der Waals surface area contributed by atoms with Crippen molar-refractivity contribution < 1.29 is 4.79 Å². The fourth-order valence-electron chi connectivity index (χ4n) is 2.65. The summed E-state index contributed by atoms with van der Waals surface area (Å²) in [7, 11) is 0. The lowest BCUT2D eigenvalue weighted by Crippen LogP contribution is -2.31. The molecule has 1 amide bonds. The van der Waals surface area contributed by atoms with Gasteiger partial charge in [-0.15, -0.1) is 0 Å². The number of hydrogen-bond acceptors (Lipinski definition) is 3. The lowest BCUT2D eigenvalue weighted by molar-refractivity contribution is -0.121. The van der Waals surface area contributed by atoms with Gasteiger partial charge >= 0.3 is 0 Å². The first-order valence-electron chi connectivity index (χ1n) is 7.91. The summed E-state index contributed by atoms with van der Waals surface area (Å²) in [5.74, 6) is 0.105. The molecule has 0 fully saturated rings. The Labute approximate surface area is 139 Å². The molecule has 1 heterocycles. The van der Waals surface area contributed by atoms with E-state index >= 15 is 0 Å². The summed E-state index contributed by atoms with van der Waals surface area (Å²) in [4.78, 5) is 24.0. The summed E-state index contributed by atoms with van der Waals surface area (Å²) in [5.41, 5.74) is 1.71. The van der Waals surface area contributed by atoms with Gasteiger partial charge in [0, 0.05) is 11.9 Å². The van der Waals surface area contributed by atoms with E-state index < -0.39 is 0 Å². The Morgan fingerprint density at radius 3 is 2.62 bits per heavy atom. The monoisotopic (exact) mass is 321 g/mol. The molecule has 24 heavy (non-hydrogen) atoms. The van der Waals surface area contributed by atoms with Crippen LogP contribution in [0, 0.1) is 0 Å². The molecule has 0 bridgehead atoms. The summed E-state index contributed by atoms with van der Waals surface area (Å²) >= 11 is 0. The zero-order valence-corrected chi connectivity index (χ0v) is 13.5. The van der Waals surface area contributed by atoms with Crippen molar-refractivity contribution in [3.05, 3.63) is 76.6 Å². The third kappa shape index (κ3) is 3.51. The lowest BCUT2D eigenvalue weighted by atomic mass is 10.0. The molecule has 0 saturated carbocycles. The van der Waals surface area contributed by atoms with Gasteiger partial charge in [0.1, 0.15) is 6.54 Å². The minimum Gasteiger partial charge on any atom is -0.354 e. The van der Waals surface area contributed by atoms with Gasteiger partial charge in [-0.3, -0.25) is 14.3 Å². The number of carbonyl (C=O) groups is 1. The number of nitrogens with zero attached hydrogens (tertiary/aromatic N) is 2. The molecular weight excluding hydrogens is 302 g/mol. The van der Waals surface area contributed by atoms with E-state index in [1.165, 1.54) is 11.8 Å². The first kappa shape index (κ1) is 15.9. The Kier molecular flexibility index (Phi) is 4.70. The largest absolute Gasteiger partial charge is 0.354 e. The molecule has 1 N–H and O–H groups in total. The lowest BCUT2D eigenvalue weighted by Gasteiger charge is -2.14. The molecule has 3 aromatic rings. The van der Waals surface area contributed by atoms with Crippen LogP contribution in [0.1, 0.15) is 18.4 Å². The van der Waals surface area contributed by atoms with Crippen LogP contribution in [0.5, 0.6) is 0 Å². The van der Waals surface area contributed by atoms with Crippen molar-refractivity contribution in [1.29, 1.82) is 0 Å². The second-order valence-electron chi connectivity index (χ2n) is 5.80. The molecule has 2 aromatic carbocycles. The normalized spacial score (nSPS) is 12.0. The number of carbonyl (C=O) groups excluding carboxylic acids is 1. The smallest absolute Gasteiger partial charge is 0.241 e. The van der Waals surface area contributed by atoms with Crippen molar-refractivity contribution in [2.45, 2.75) is 19.4 Å². The molecule has 1 atom stereocenters. The number of hydrogen-bond donors (Lipinski definition) is 1. The van der Waals surface area contributed by atoms with E-state index in [4.69, 9.17) is 0 Å². The van der Waals surface area contributed by atoms with E-state index in [0.29, 0.717) is 17.4 Å². The van der Waals surface area contributed by atoms with Gasteiger partial charge in [-0.2, -0.15) is 5.10 Å². The van der Waals surface area contributed by atoms with Crippen molar-refractivity contribution in [3.8, 4) is 0 Å². The second-order valence-corrected chi connectivity index (χ2v) is 5.80. The van der Waals surface area contributed by atoms with Crippen molar-refractivity contribution in [2.24, 2.45) is 0 Å². The molecule has 5 nitrogen and oxygen atoms in total. The third-order valence-electron chi connectivity index (χ3n) is 4.03. The fourth-order valence-corrected chi connectivity index (χ4v) is 2.65. The van der Waals surface area contributed by atoms with Crippen molar-refractivity contribution in [1.82, 2.24) is 15.1 Å². The maximum Gasteiger partial charge on any atom is 0.241 e. The SMILES string of the molecule is C[C@H](CNC(=O)Cn1ncc(=O)c2ccccc21)c1ccccc1. The minimum absolute atomic E-state index is 0.0856. The average molecular weight is 321 g/mol. The van der Waals surface area contributed by atoms with E-state index in [1.54, 1.807) is 22.9 Å². The Hall–Kier alpha value is -2.95. The van der Waals surface area contributed by atoms with Gasteiger partial charge in [-0.05, 0) is 23.6 Å². The van der Waals surface area contributed by atoms with Gasteiger partial charge in [0.2, 0.25) is 11.3 Å². The number of aromatic nitrogens is 2. The van der Waals surface area contributed by atoms with Crippen LogP contribution in [0.3, 0.4) is 0 Å². The molecule has 0 aliphatic heterocycles. The van der Waals surface area contributed by atoms with Crippen LogP contribution in [0.25, 0.3) is 10.9 Å². The van der Waals surface area contributed by atoms with E-state index in [2.05, 4.69) is 17.3 Å². The predicted molar refractivity (Wildman–Crippen MR) is 93.9 cm³/mol. The van der Waals surface area contributed by atoms with Crippen LogP contribution in [0.2, 0.25) is 0 Å². The minimum atomic E-state index is -0.139. The average Bonchev–Trinajstić information content (AvgIpc) is 2.63. The molecule has 0 radical (unpaired) electrons. The maximum atomic E-state index is 12.2. The highest BCUT2D eigenvalue weighted by Crippen LogP contribution is 2.13. The Morgan fingerprint density at radius 1 is 1.12 bits per heavy atom. The van der Waals surface area contributed by atoms with Gasteiger partial charge < -0.3 is 5.32 Å². The van der Waals surface area contributed by atoms with E-state index in [1.807, 2.05) is 36.4 Å². The highest BCUT2D eigenvalue weighted by atomic mass is 16.2. The standard InChI is InChI=1S/C19H19N3O2/c1-14(15-7-3-2-4-8-15)11-20-19(24)13-22-17-10-6-5-9-16(17)18(23)12-21-22/h2-10,12,14H,11,13H2,1H3,(H,20,24)/t14-/m1/s1. The summed E-state index contributed by atoms with van der Waals surface area (Å²) in [6.07, 6.45) is 1.25. The van der Waals surface area contributed by atoms with Gasteiger partial charge in [-0.25, -0.2) is 0 Å². The van der Waals surface area contributed by atoms with Gasteiger partial charge in [0.05, 0.1) is 11.7 Å². The first-order valence-corrected chi connectivity index (χ1v) is 7.91. The number of amides is 1. The molecule has 1 aromatic heterocycles. The Balaban J connectivity index is 1.68. The number of para-hydroxylation sites is 1. The number of fused-ring (bicyclic) bond motifs is 1. The summed E-state index contributed by atoms with van der Waals surface area (Å²) in [6, 6.07) is 17.2. The fraction of sp³-hybridized carbons (Fsp3) is 0.211. The van der Waals surface area contributed by atoms with Crippen LogP contribution >= 0.6 is 0 Å². The molecule has 0 spiro atoms. The summed E-state index contributed by atoms with van der Waals surface area (Å²) < 4.78 is 1.55. The topological polar surface area (TPSA) is 64.0 Å². The molecular formula is C19H19N3O2. The van der Waals surface area contributed by atoms with E-state index in [-0.39, 0.29) is 23.8 Å². The van der Waals surface area contributed by atoms with Gasteiger partial charge in [0.25, 0.3) is 0 Å². The highest BCUT2D eigenvalue weighted by molar-refractivity contribution is 5.81. The van der Waals surface area contributed by atoms with Crippen molar-refractivity contribution in [3.63, 3.8) is 0 Å². The molecule has 122 valence electrons. The molecule has 0 unspecified atom stereocenters. The van der Waals surface area contributed by atoms with E-state index in [0.717, 1.165) is 0 Å². The quantitative estimate of drug-likeness (QED) is 0.784. The van der Waals surface area contributed by atoms with Crippen LogP contribution in [0.4, 0.5) is 0 Å². The number of nitrogens with one attached hydrogen (secondary N) is 1. The Morgan fingerprint density at radius 2 is 1.83 bits per heavy atom. The zero-order chi connectivity index (χ0) is 16.9. The first-order chi connectivity index (χ1) is 11.6. The molecule has 0 saturated heterocycles. The molecule has 5 heteroatoms. The Bertz CT molecular complexity index is 903. The molecule has 3 rings (SSSR count). The maximum absolute atomic E-state index is 12.2. The number of rotatable bonds is 5. The van der Waals surface area contributed by atoms with Crippen LogP contribution in [0.15, 0.2) is 65.6 Å². The second kappa shape index (κ2) is 7.08. The van der Waals surface area contributed by atoms with Crippen molar-refractivity contribution >= 4 is 16.8 Å². The van der Waals surface area contributed by atoms with E-state index in [9.17, 15) is 9.59 Å².